The molecule has 0 saturated carbocycles. The Morgan fingerprint density at radius 1 is 1.06 bits per heavy atom. The highest BCUT2D eigenvalue weighted by Gasteiger charge is 2.42. The first-order valence-corrected chi connectivity index (χ1v) is 11.8. The number of amides is 3. The molecule has 0 aromatic carbocycles. The van der Waals surface area contributed by atoms with Crippen LogP contribution in [0.4, 0.5) is 5.95 Å². The Morgan fingerprint density at radius 3 is 2.53 bits per heavy atom. The Balaban J connectivity index is 1.42. The molecule has 2 atom stereocenters. The summed E-state index contributed by atoms with van der Waals surface area (Å²) in [5, 5.41) is 6.04. The van der Waals surface area contributed by atoms with Crippen LogP contribution in [-0.4, -0.2) is 71.4 Å². The molecular weight excluding hydrogens is 408 g/mol. The number of rotatable bonds is 1. The quantitative estimate of drug-likeness (QED) is 0.675. The van der Waals surface area contributed by atoms with Crippen molar-refractivity contribution in [1.29, 1.82) is 0 Å². The van der Waals surface area contributed by atoms with Crippen molar-refractivity contribution >= 4 is 23.7 Å². The Bertz CT molecular complexity index is 824. The first-order chi connectivity index (χ1) is 15.5. The average Bonchev–Trinajstić information content (AvgIpc) is 2.81. The van der Waals surface area contributed by atoms with Crippen LogP contribution in [0.1, 0.15) is 51.9 Å². The molecule has 0 radical (unpaired) electrons. The van der Waals surface area contributed by atoms with E-state index in [0.29, 0.717) is 19.0 Å². The zero-order valence-corrected chi connectivity index (χ0v) is 18.9. The first-order valence-electron chi connectivity index (χ1n) is 11.8. The highest BCUT2D eigenvalue weighted by molar-refractivity contribution is 5.88. The number of nitrogens with zero attached hydrogens (tertiary/aromatic N) is 4. The van der Waals surface area contributed by atoms with E-state index in [9.17, 15) is 14.4 Å². The molecule has 1 aromatic rings. The molecule has 9 heteroatoms. The van der Waals surface area contributed by atoms with Crippen molar-refractivity contribution < 1.29 is 14.4 Å². The van der Waals surface area contributed by atoms with E-state index < -0.39 is 5.41 Å². The highest BCUT2D eigenvalue weighted by Crippen LogP contribution is 2.38. The van der Waals surface area contributed by atoms with E-state index >= 15 is 0 Å². The summed E-state index contributed by atoms with van der Waals surface area (Å²) in [6, 6.07) is 1.87. The fourth-order valence-corrected chi connectivity index (χ4v) is 5.46. The van der Waals surface area contributed by atoms with Gasteiger partial charge in [0.2, 0.25) is 23.7 Å². The minimum Gasteiger partial charge on any atom is -0.351 e. The number of fused-ring (bicyclic) bond motifs is 1. The largest absolute Gasteiger partial charge is 0.351 e. The molecule has 9 nitrogen and oxygen atoms in total. The molecule has 3 aliphatic rings. The van der Waals surface area contributed by atoms with Gasteiger partial charge in [-0.1, -0.05) is 12.8 Å². The maximum atomic E-state index is 13.2. The van der Waals surface area contributed by atoms with Crippen molar-refractivity contribution in [2.45, 2.75) is 57.9 Å². The Kier molecular flexibility index (Phi) is 6.91. The molecule has 4 rings (SSSR count). The molecule has 0 bridgehead atoms. The van der Waals surface area contributed by atoms with Crippen LogP contribution in [0.2, 0.25) is 0 Å². The lowest BCUT2D eigenvalue weighted by molar-refractivity contribution is -0.136. The molecule has 174 valence electrons. The van der Waals surface area contributed by atoms with E-state index in [1.165, 1.54) is 0 Å². The molecule has 4 heterocycles. The maximum Gasteiger partial charge on any atom is 0.239 e. The molecule has 32 heavy (non-hydrogen) atoms. The van der Waals surface area contributed by atoms with Gasteiger partial charge in [-0.3, -0.25) is 14.4 Å². The van der Waals surface area contributed by atoms with Crippen LogP contribution in [0.25, 0.3) is 0 Å². The van der Waals surface area contributed by atoms with Crippen molar-refractivity contribution in [1.82, 2.24) is 25.5 Å². The SMILES string of the molecule is CC(=O)N1CC[C@H]2NC(=O)CNC(=O)C3(CCCC[C@H]2C1)CCN(c1ncccn1)CC3. The van der Waals surface area contributed by atoms with Gasteiger partial charge in [-0.25, -0.2) is 9.97 Å². The minimum atomic E-state index is -0.456. The standard InChI is InChI=1S/C23H34N6O3/c1-17(30)29-12-6-19-18(16-29)5-2-3-7-23(21(32)26-15-20(31)27-19)8-13-28(14-9-23)22-24-10-4-11-25-22/h4,10-11,18-19H,2-3,5-9,12-16H2,1H3,(H,26,32)(H,27,31)/t18-,19+/m0/s1. The molecular formula is C23H34N6O3. The molecule has 3 aliphatic heterocycles. The number of carbonyl (C=O) groups is 3. The van der Waals surface area contributed by atoms with Gasteiger partial charge in [-0.2, -0.15) is 0 Å². The van der Waals surface area contributed by atoms with Gasteiger partial charge in [0.1, 0.15) is 0 Å². The number of aromatic nitrogens is 2. The van der Waals surface area contributed by atoms with Crippen LogP contribution in [0.15, 0.2) is 18.5 Å². The van der Waals surface area contributed by atoms with E-state index in [1.807, 2.05) is 4.90 Å². The summed E-state index contributed by atoms with van der Waals surface area (Å²) in [5.41, 5.74) is -0.456. The summed E-state index contributed by atoms with van der Waals surface area (Å²) in [7, 11) is 0. The van der Waals surface area contributed by atoms with E-state index in [-0.39, 0.29) is 36.2 Å². The van der Waals surface area contributed by atoms with Gasteiger partial charge in [0.05, 0.1) is 12.0 Å². The molecule has 0 unspecified atom stereocenters. The average molecular weight is 443 g/mol. The molecule has 2 N–H and O–H groups in total. The normalized spacial score (nSPS) is 26.9. The van der Waals surface area contributed by atoms with Crippen molar-refractivity contribution in [3.63, 3.8) is 0 Å². The third kappa shape index (κ3) is 5.02. The van der Waals surface area contributed by atoms with Gasteiger partial charge in [0.25, 0.3) is 0 Å². The van der Waals surface area contributed by atoms with E-state index in [0.717, 1.165) is 58.0 Å². The number of anilines is 1. The van der Waals surface area contributed by atoms with Crippen molar-refractivity contribution in [3.05, 3.63) is 18.5 Å². The third-order valence-corrected chi connectivity index (χ3v) is 7.45. The second-order valence-electron chi connectivity index (χ2n) is 9.43. The zero-order valence-electron chi connectivity index (χ0n) is 18.9. The fourth-order valence-electron chi connectivity index (χ4n) is 5.46. The lowest BCUT2D eigenvalue weighted by Crippen LogP contribution is -2.55. The van der Waals surface area contributed by atoms with Crippen molar-refractivity contribution in [2.24, 2.45) is 11.3 Å². The summed E-state index contributed by atoms with van der Waals surface area (Å²) in [6.07, 6.45) is 9.42. The van der Waals surface area contributed by atoms with E-state index in [4.69, 9.17) is 0 Å². The number of piperidine rings is 2. The molecule has 3 amide bonds. The summed E-state index contributed by atoms with van der Waals surface area (Å²) in [6.45, 7) is 4.44. The van der Waals surface area contributed by atoms with Gasteiger partial charge >= 0.3 is 0 Å². The Hall–Kier alpha value is -2.71. The fraction of sp³-hybridized carbons (Fsp3) is 0.696. The van der Waals surface area contributed by atoms with Crippen LogP contribution in [0.5, 0.6) is 0 Å². The van der Waals surface area contributed by atoms with Crippen LogP contribution < -0.4 is 15.5 Å². The Labute approximate surface area is 189 Å². The monoisotopic (exact) mass is 442 g/mol. The lowest BCUT2D eigenvalue weighted by atomic mass is 9.73. The number of hydrogen-bond donors (Lipinski definition) is 2. The van der Waals surface area contributed by atoms with Crippen LogP contribution in [0, 0.1) is 11.3 Å². The Morgan fingerprint density at radius 2 is 1.81 bits per heavy atom. The molecule has 3 fully saturated rings. The first kappa shape index (κ1) is 22.5. The van der Waals surface area contributed by atoms with Crippen LogP contribution >= 0.6 is 0 Å². The van der Waals surface area contributed by atoms with Gasteiger partial charge < -0.3 is 20.4 Å². The smallest absolute Gasteiger partial charge is 0.239 e. The molecule has 1 aromatic heterocycles. The second kappa shape index (κ2) is 9.83. The predicted molar refractivity (Wildman–Crippen MR) is 120 cm³/mol. The lowest BCUT2D eigenvalue weighted by Gasteiger charge is -2.42. The molecule has 1 spiro atoms. The predicted octanol–water partition coefficient (Wildman–Crippen LogP) is 1.11. The number of likely N-dealkylation sites (tertiary alicyclic amines) is 1. The van der Waals surface area contributed by atoms with Crippen molar-refractivity contribution in [2.75, 3.05) is 37.6 Å². The van der Waals surface area contributed by atoms with Crippen LogP contribution in [-0.2, 0) is 14.4 Å². The zero-order chi connectivity index (χ0) is 22.6. The summed E-state index contributed by atoms with van der Waals surface area (Å²) in [5.74, 6) is 0.912. The topological polar surface area (TPSA) is 108 Å². The number of hydrogen-bond acceptors (Lipinski definition) is 6. The van der Waals surface area contributed by atoms with Crippen molar-refractivity contribution in [3.8, 4) is 0 Å². The van der Waals surface area contributed by atoms with Gasteiger partial charge in [0.15, 0.2) is 0 Å². The molecule has 3 saturated heterocycles. The summed E-state index contributed by atoms with van der Waals surface area (Å²) >= 11 is 0. The maximum absolute atomic E-state index is 13.2. The number of carbonyl (C=O) groups excluding carboxylic acids is 3. The van der Waals surface area contributed by atoms with E-state index in [1.54, 1.807) is 25.4 Å². The summed E-state index contributed by atoms with van der Waals surface area (Å²) in [4.78, 5) is 50.4. The third-order valence-electron chi connectivity index (χ3n) is 7.45. The van der Waals surface area contributed by atoms with Gasteiger partial charge in [-0.05, 0) is 44.1 Å². The molecule has 0 aliphatic carbocycles. The highest BCUT2D eigenvalue weighted by atomic mass is 16.2. The van der Waals surface area contributed by atoms with E-state index in [2.05, 4.69) is 25.5 Å². The second-order valence-corrected chi connectivity index (χ2v) is 9.43. The summed E-state index contributed by atoms with van der Waals surface area (Å²) < 4.78 is 0. The van der Waals surface area contributed by atoms with Crippen LogP contribution in [0.3, 0.4) is 0 Å². The van der Waals surface area contributed by atoms with Gasteiger partial charge in [0, 0.05) is 51.5 Å². The van der Waals surface area contributed by atoms with Gasteiger partial charge in [-0.15, -0.1) is 0 Å². The minimum absolute atomic E-state index is 0.00569. The number of nitrogens with one attached hydrogen (secondary N) is 2.